The lowest BCUT2D eigenvalue weighted by atomic mass is 10.1. The number of rotatable bonds is 6. The summed E-state index contributed by atoms with van der Waals surface area (Å²) >= 11 is 12.1. The molecule has 1 heterocycles. The van der Waals surface area contributed by atoms with Crippen LogP contribution in [-0.4, -0.2) is 62.8 Å². The van der Waals surface area contributed by atoms with Gasteiger partial charge < -0.3 is 4.90 Å². The number of sulfonamides is 1. The van der Waals surface area contributed by atoms with Crippen LogP contribution in [0.1, 0.15) is 12.5 Å². The molecule has 0 N–H and O–H groups in total. The molecule has 1 saturated heterocycles. The van der Waals surface area contributed by atoms with E-state index in [4.69, 9.17) is 23.2 Å². The van der Waals surface area contributed by atoms with Crippen molar-refractivity contribution in [3.63, 3.8) is 0 Å². The first kappa shape index (κ1) is 23.0. The highest BCUT2D eigenvalue weighted by Gasteiger charge is 2.31. The van der Waals surface area contributed by atoms with Gasteiger partial charge in [0, 0.05) is 38.4 Å². The van der Waals surface area contributed by atoms with Crippen molar-refractivity contribution in [3.8, 4) is 0 Å². The van der Waals surface area contributed by atoms with Crippen LogP contribution < -0.4 is 4.90 Å². The molecule has 0 aromatic heterocycles. The van der Waals surface area contributed by atoms with Crippen LogP contribution in [0.25, 0.3) is 0 Å². The molecule has 1 aliphatic heterocycles. The minimum Gasteiger partial charge on any atom is -0.311 e. The summed E-state index contributed by atoms with van der Waals surface area (Å²) in [6.07, 6.45) is 0. The molecular formula is C21H25Cl2N3O3S. The largest absolute Gasteiger partial charge is 0.311 e. The van der Waals surface area contributed by atoms with Gasteiger partial charge in [0.15, 0.2) is 0 Å². The minimum atomic E-state index is -3.74. The van der Waals surface area contributed by atoms with Crippen LogP contribution in [0.15, 0.2) is 47.4 Å². The number of para-hydroxylation sites is 1. The van der Waals surface area contributed by atoms with Crippen molar-refractivity contribution in [2.45, 2.75) is 18.7 Å². The number of benzene rings is 2. The third kappa shape index (κ3) is 4.81. The van der Waals surface area contributed by atoms with Gasteiger partial charge in [-0.1, -0.05) is 47.5 Å². The second-order valence-electron chi connectivity index (χ2n) is 7.16. The molecule has 0 spiro atoms. The molecule has 0 aliphatic carbocycles. The van der Waals surface area contributed by atoms with Crippen molar-refractivity contribution in [1.29, 1.82) is 0 Å². The number of piperazine rings is 1. The van der Waals surface area contributed by atoms with Gasteiger partial charge in [0.25, 0.3) is 0 Å². The van der Waals surface area contributed by atoms with Gasteiger partial charge in [-0.15, -0.1) is 0 Å². The Bertz CT molecular complexity index is 1020. The average Bonchev–Trinajstić information content (AvgIpc) is 2.72. The van der Waals surface area contributed by atoms with Crippen LogP contribution in [0.3, 0.4) is 0 Å². The number of amides is 1. The van der Waals surface area contributed by atoms with Crippen molar-refractivity contribution < 1.29 is 13.2 Å². The molecule has 30 heavy (non-hydrogen) atoms. The van der Waals surface area contributed by atoms with Crippen molar-refractivity contribution in [3.05, 3.63) is 58.1 Å². The summed E-state index contributed by atoms with van der Waals surface area (Å²) in [6.45, 7) is 6.26. The fourth-order valence-electron chi connectivity index (χ4n) is 3.57. The molecule has 0 radical (unpaired) electrons. The van der Waals surface area contributed by atoms with Gasteiger partial charge in [0.05, 0.1) is 16.6 Å². The molecule has 0 bridgehead atoms. The minimum absolute atomic E-state index is 0.000919. The number of carbonyl (C=O) groups excluding carboxylic acids is 1. The Labute approximate surface area is 188 Å². The number of anilines is 1. The van der Waals surface area contributed by atoms with E-state index in [-0.39, 0.29) is 40.5 Å². The summed E-state index contributed by atoms with van der Waals surface area (Å²) in [5, 5.41) is 0.242. The second-order valence-corrected chi connectivity index (χ2v) is 9.85. The van der Waals surface area contributed by atoms with Crippen LogP contribution in [-0.2, 0) is 14.8 Å². The third-order valence-electron chi connectivity index (χ3n) is 5.25. The zero-order valence-electron chi connectivity index (χ0n) is 17.0. The fourth-order valence-corrected chi connectivity index (χ4v) is 5.73. The molecule has 3 rings (SSSR count). The van der Waals surface area contributed by atoms with E-state index in [0.29, 0.717) is 19.6 Å². The lowest BCUT2D eigenvalue weighted by molar-refractivity contribution is -0.120. The van der Waals surface area contributed by atoms with E-state index in [2.05, 4.69) is 0 Å². The number of carbonyl (C=O) groups is 1. The van der Waals surface area contributed by atoms with E-state index < -0.39 is 10.0 Å². The topological polar surface area (TPSA) is 60.9 Å². The number of aryl methyl sites for hydroxylation is 1. The Balaban J connectivity index is 1.65. The Morgan fingerprint density at radius 1 is 1.03 bits per heavy atom. The first-order chi connectivity index (χ1) is 14.3. The maximum Gasteiger partial charge on any atom is 0.244 e. The summed E-state index contributed by atoms with van der Waals surface area (Å²) in [6, 6.07) is 12.4. The number of halogens is 2. The number of nitrogens with zero attached hydrogens (tertiary/aromatic N) is 3. The van der Waals surface area contributed by atoms with Gasteiger partial charge in [-0.05, 0) is 37.6 Å². The fraction of sp³-hybridized carbons (Fsp3) is 0.381. The van der Waals surface area contributed by atoms with E-state index in [1.807, 2.05) is 43.0 Å². The first-order valence-corrected chi connectivity index (χ1v) is 12.0. The van der Waals surface area contributed by atoms with Gasteiger partial charge in [0.1, 0.15) is 4.90 Å². The van der Waals surface area contributed by atoms with Crippen LogP contribution in [0.5, 0.6) is 0 Å². The highest BCUT2D eigenvalue weighted by atomic mass is 35.5. The summed E-state index contributed by atoms with van der Waals surface area (Å²) in [5.41, 5.74) is 1.95. The molecule has 2 aromatic rings. The van der Waals surface area contributed by atoms with Gasteiger partial charge in [-0.2, -0.15) is 4.31 Å². The Morgan fingerprint density at radius 3 is 2.33 bits per heavy atom. The smallest absolute Gasteiger partial charge is 0.244 e. The maximum atomic E-state index is 13.0. The zero-order valence-corrected chi connectivity index (χ0v) is 19.3. The van der Waals surface area contributed by atoms with Crippen molar-refractivity contribution in [1.82, 2.24) is 9.21 Å². The van der Waals surface area contributed by atoms with E-state index in [1.54, 1.807) is 17.0 Å². The summed E-state index contributed by atoms with van der Waals surface area (Å²) < 4.78 is 27.3. The molecule has 9 heteroatoms. The number of hydrogen-bond acceptors (Lipinski definition) is 4. The highest BCUT2D eigenvalue weighted by Crippen LogP contribution is 2.31. The molecule has 1 amide bonds. The molecule has 1 fully saturated rings. The molecule has 2 aromatic carbocycles. The molecule has 0 unspecified atom stereocenters. The van der Waals surface area contributed by atoms with Crippen molar-refractivity contribution >= 4 is 44.8 Å². The predicted molar refractivity (Wildman–Crippen MR) is 121 cm³/mol. The van der Waals surface area contributed by atoms with Gasteiger partial charge in [0.2, 0.25) is 15.9 Å². The van der Waals surface area contributed by atoms with E-state index in [0.717, 1.165) is 11.3 Å². The highest BCUT2D eigenvalue weighted by molar-refractivity contribution is 7.89. The molecule has 162 valence electrons. The predicted octanol–water partition coefficient (Wildman–Crippen LogP) is 3.66. The van der Waals surface area contributed by atoms with Crippen LogP contribution >= 0.6 is 23.2 Å². The van der Waals surface area contributed by atoms with Gasteiger partial charge >= 0.3 is 0 Å². The van der Waals surface area contributed by atoms with Gasteiger partial charge in [-0.25, -0.2) is 8.42 Å². The summed E-state index contributed by atoms with van der Waals surface area (Å²) in [7, 11) is -3.74. The van der Waals surface area contributed by atoms with E-state index in [1.165, 1.54) is 10.4 Å². The number of hydrogen-bond donors (Lipinski definition) is 0. The van der Waals surface area contributed by atoms with Gasteiger partial charge in [-0.3, -0.25) is 9.69 Å². The lowest BCUT2D eigenvalue weighted by Crippen LogP contribution is -2.51. The Hall–Kier alpha value is -1.64. The van der Waals surface area contributed by atoms with Crippen molar-refractivity contribution in [2.24, 2.45) is 0 Å². The Kier molecular flexibility index (Phi) is 7.42. The first-order valence-electron chi connectivity index (χ1n) is 9.78. The molecule has 0 saturated carbocycles. The molecule has 1 aliphatic rings. The van der Waals surface area contributed by atoms with Crippen molar-refractivity contribution in [2.75, 3.05) is 44.2 Å². The average molecular weight is 470 g/mol. The lowest BCUT2D eigenvalue weighted by Gasteiger charge is -2.35. The third-order valence-corrected chi connectivity index (χ3v) is 8.12. The molecule has 0 atom stereocenters. The number of likely N-dealkylation sites (N-methyl/N-ethyl adjacent to an activating group) is 1. The zero-order chi connectivity index (χ0) is 21.9. The van der Waals surface area contributed by atoms with Crippen LogP contribution in [0.2, 0.25) is 10.0 Å². The summed E-state index contributed by atoms with van der Waals surface area (Å²) in [5.74, 6) is 0.000919. The molecular weight excluding hydrogens is 445 g/mol. The Morgan fingerprint density at radius 2 is 1.70 bits per heavy atom. The van der Waals surface area contributed by atoms with E-state index >= 15 is 0 Å². The molecule has 6 nitrogen and oxygen atoms in total. The SMILES string of the molecule is CCN(C(=O)CN1CCN(S(=O)(=O)c2cccc(Cl)c2Cl)CC1)c1ccccc1C. The normalized spacial score (nSPS) is 15.9. The van der Waals surface area contributed by atoms with Crippen LogP contribution in [0.4, 0.5) is 5.69 Å². The van der Waals surface area contributed by atoms with Crippen LogP contribution in [0, 0.1) is 6.92 Å². The standard InChI is InChI=1S/C21H25Cl2N3O3S/c1-3-26(18-9-5-4-7-16(18)2)20(27)15-24-11-13-25(14-12-24)30(28,29)19-10-6-8-17(22)21(19)23/h4-10H,3,11-15H2,1-2H3. The monoisotopic (exact) mass is 469 g/mol. The summed E-state index contributed by atoms with van der Waals surface area (Å²) in [4.78, 5) is 16.7. The second kappa shape index (κ2) is 9.66. The maximum absolute atomic E-state index is 13.0. The quantitative estimate of drug-likeness (QED) is 0.647. The van der Waals surface area contributed by atoms with E-state index in [9.17, 15) is 13.2 Å².